The van der Waals surface area contributed by atoms with E-state index in [1.807, 2.05) is 11.8 Å². The molecule has 90 valence electrons. The SMILES string of the molecule is CCCCCSC(CN)c1cccc(C)c1. The van der Waals surface area contributed by atoms with E-state index in [1.54, 1.807) is 0 Å². The number of aryl methyl sites for hydroxylation is 1. The van der Waals surface area contributed by atoms with E-state index in [0.29, 0.717) is 5.25 Å². The third-order valence-corrected chi connectivity index (χ3v) is 4.09. The molecule has 1 aromatic rings. The molecule has 0 aliphatic heterocycles. The molecule has 0 saturated heterocycles. The van der Waals surface area contributed by atoms with Gasteiger partial charge in [0.1, 0.15) is 0 Å². The van der Waals surface area contributed by atoms with Gasteiger partial charge in [-0.3, -0.25) is 0 Å². The Morgan fingerprint density at radius 3 is 2.75 bits per heavy atom. The van der Waals surface area contributed by atoms with E-state index >= 15 is 0 Å². The normalized spacial score (nSPS) is 12.7. The molecule has 0 aliphatic carbocycles. The fourth-order valence-corrected chi connectivity index (χ4v) is 2.88. The summed E-state index contributed by atoms with van der Waals surface area (Å²) in [5, 5.41) is 0.469. The van der Waals surface area contributed by atoms with Crippen LogP contribution in [-0.2, 0) is 0 Å². The molecule has 0 aromatic heterocycles. The summed E-state index contributed by atoms with van der Waals surface area (Å²) in [7, 11) is 0. The molecule has 1 atom stereocenters. The molecule has 0 saturated carbocycles. The number of nitrogens with two attached hydrogens (primary N) is 1. The Bertz CT molecular complexity index is 299. The summed E-state index contributed by atoms with van der Waals surface area (Å²) in [6, 6.07) is 8.71. The van der Waals surface area contributed by atoms with E-state index < -0.39 is 0 Å². The third kappa shape index (κ3) is 4.58. The van der Waals surface area contributed by atoms with Crippen LogP contribution in [0.5, 0.6) is 0 Å². The van der Waals surface area contributed by atoms with Crippen LogP contribution >= 0.6 is 11.8 Å². The van der Waals surface area contributed by atoms with Crippen molar-refractivity contribution in [2.75, 3.05) is 12.3 Å². The summed E-state index contributed by atoms with van der Waals surface area (Å²) in [4.78, 5) is 0. The van der Waals surface area contributed by atoms with E-state index in [1.165, 1.54) is 36.1 Å². The van der Waals surface area contributed by atoms with Crippen molar-refractivity contribution < 1.29 is 0 Å². The van der Waals surface area contributed by atoms with Gasteiger partial charge in [0.2, 0.25) is 0 Å². The average molecular weight is 237 g/mol. The van der Waals surface area contributed by atoms with Crippen molar-refractivity contribution in [1.82, 2.24) is 0 Å². The Balaban J connectivity index is 2.47. The van der Waals surface area contributed by atoms with Crippen LogP contribution in [0.1, 0.15) is 42.6 Å². The van der Waals surface area contributed by atoms with Gasteiger partial charge in [-0.25, -0.2) is 0 Å². The molecule has 1 rings (SSSR count). The van der Waals surface area contributed by atoms with Crippen molar-refractivity contribution >= 4 is 11.8 Å². The average Bonchev–Trinajstić information content (AvgIpc) is 2.29. The lowest BCUT2D eigenvalue weighted by molar-refractivity contribution is 0.776. The fraction of sp³-hybridized carbons (Fsp3) is 0.571. The van der Waals surface area contributed by atoms with Crippen LogP contribution in [0.3, 0.4) is 0 Å². The predicted octanol–water partition coefficient (Wildman–Crippen LogP) is 3.92. The van der Waals surface area contributed by atoms with Gasteiger partial charge in [0, 0.05) is 11.8 Å². The summed E-state index contributed by atoms with van der Waals surface area (Å²) < 4.78 is 0. The second-order valence-corrected chi connectivity index (χ2v) is 5.53. The van der Waals surface area contributed by atoms with Crippen molar-refractivity contribution in [2.24, 2.45) is 5.73 Å². The van der Waals surface area contributed by atoms with Gasteiger partial charge in [-0.1, -0.05) is 49.6 Å². The minimum Gasteiger partial charge on any atom is -0.329 e. The summed E-state index contributed by atoms with van der Waals surface area (Å²) in [5.41, 5.74) is 8.55. The Hall–Kier alpha value is -0.470. The van der Waals surface area contributed by atoms with Gasteiger partial charge in [-0.2, -0.15) is 11.8 Å². The highest BCUT2D eigenvalue weighted by atomic mass is 32.2. The Kier molecular flexibility index (Phi) is 6.58. The smallest absolute Gasteiger partial charge is 0.0419 e. The van der Waals surface area contributed by atoms with Gasteiger partial charge in [-0.05, 0) is 24.7 Å². The lowest BCUT2D eigenvalue weighted by Gasteiger charge is -2.15. The van der Waals surface area contributed by atoms with Crippen molar-refractivity contribution in [1.29, 1.82) is 0 Å². The van der Waals surface area contributed by atoms with Gasteiger partial charge in [-0.15, -0.1) is 0 Å². The van der Waals surface area contributed by atoms with Gasteiger partial charge in [0.15, 0.2) is 0 Å². The molecule has 0 bridgehead atoms. The number of benzene rings is 1. The van der Waals surface area contributed by atoms with Crippen molar-refractivity contribution in [2.45, 2.75) is 38.4 Å². The molecule has 0 aliphatic rings. The highest BCUT2D eigenvalue weighted by molar-refractivity contribution is 7.99. The van der Waals surface area contributed by atoms with E-state index in [2.05, 4.69) is 38.1 Å². The van der Waals surface area contributed by atoms with E-state index in [4.69, 9.17) is 5.73 Å². The second kappa shape index (κ2) is 7.75. The molecule has 2 N–H and O–H groups in total. The molecule has 0 heterocycles. The van der Waals surface area contributed by atoms with Crippen LogP contribution < -0.4 is 5.73 Å². The number of unbranched alkanes of at least 4 members (excludes halogenated alkanes) is 2. The van der Waals surface area contributed by atoms with E-state index in [9.17, 15) is 0 Å². The molecule has 1 unspecified atom stereocenters. The maximum absolute atomic E-state index is 5.85. The molecular formula is C14H23NS. The molecule has 0 radical (unpaired) electrons. The van der Waals surface area contributed by atoms with Crippen LogP contribution in [0.4, 0.5) is 0 Å². The zero-order valence-electron chi connectivity index (χ0n) is 10.4. The maximum atomic E-state index is 5.85. The van der Waals surface area contributed by atoms with Crippen molar-refractivity contribution in [3.8, 4) is 0 Å². The van der Waals surface area contributed by atoms with Crippen LogP contribution in [0, 0.1) is 6.92 Å². The zero-order chi connectivity index (χ0) is 11.8. The molecule has 2 heteroatoms. The monoisotopic (exact) mass is 237 g/mol. The number of hydrogen-bond acceptors (Lipinski definition) is 2. The number of thioether (sulfide) groups is 1. The highest BCUT2D eigenvalue weighted by Crippen LogP contribution is 2.29. The second-order valence-electron chi connectivity index (χ2n) is 4.22. The quantitative estimate of drug-likeness (QED) is 0.727. The lowest BCUT2D eigenvalue weighted by Crippen LogP contribution is -2.10. The van der Waals surface area contributed by atoms with E-state index in [-0.39, 0.29) is 0 Å². The van der Waals surface area contributed by atoms with E-state index in [0.717, 1.165) is 6.54 Å². The van der Waals surface area contributed by atoms with Crippen molar-refractivity contribution in [3.05, 3.63) is 35.4 Å². The third-order valence-electron chi connectivity index (χ3n) is 2.69. The van der Waals surface area contributed by atoms with Gasteiger partial charge in [0.25, 0.3) is 0 Å². The van der Waals surface area contributed by atoms with Crippen LogP contribution in [0.2, 0.25) is 0 Å². The number of rotatable bonds is 7. The first-order valence-electron chi connectivity index (χ1n) is 6.16. The molecular weight excluding hydrogens is 214 g/mol. The standard InChI is InChI=1S/C14H23NS/c1-3-4-5-9-16-14(11-15)13-8-6-7-12(2)10-13/h6-8,10,14H,3-5,9,11,15H2,1-2H3. The first kappa shape index (κ1) is 13.6. The number of hydrogen-bond donors (Lipinski definition) is 1. The highest BCUT2D eigenvalue weighted by Gasteiger charge is 2.09. The van der Waals surface area contributed by atoms with Crippen LogP contribution in [0.15, 0.2) is 24.3 Å². The fourth-order valence-electron chi connectivity index (χ4n) is 1.75. The Morgan fingerprint density at radius 1 is 1.31 bits per heavy atom. The van der Waals surface area contributed by atoms with Gasteiger partial charge < -0.3 is 5.73 Å². The zero-order valence-corrected chi connectivity index (χ0v) is 11.2. The Morgan fingerprint density at radius 2 is 2.12 bits per heavy atom. The minimum atomic E-state index is 0.469. The topological polar surface area (TPSA) is 26.0 Å². The van der Waals surface area contributed by atoms with Crippen molar-refractivity contribution in [3.63, 3.8) is 0 Å². The molecule has 16 heavy (non-hydrogen) atoms. The summed E-state index contributed by atoms with van der Waals surface area (Å²) >= 11 is 2.00. The first-order valence-corrected chi connectivity index (χ1v) is 7.21. The Labute approximate surface area is 104 Å². The molecule has 0 fully saturated rings. The molecule has 0 spiro atoms. The molecule has 0 amide bonds. The van der Waals surface area contributed by atoms with Gasteiger partial charge in [0.05, 0.1) is 0 Å². The minimum absolute atomic E-state index is 0.469. The summed E-state index contributed by atoms with van der Waals surface area (Å²) in [6.45, 7) is 5.12. The van der Waals surface area contributed by atoms with Crippen LogP contribution in [0.25, 0.3) is 0 Å². The maximum Gasteiger partial charge on any atom is 0.0419 e. The van der Waals surface area contributed by atoms with Gasteiger partial charge >= 0.3 is 0 Å². The summed E-state index contributed by atoms with van der Waals surface area (Å²) in [6.07, 6.45) is 3.93. The molecule has 1 nitrogen and oxygen atoms in total. The largest absolute Gasteiger partial charge is 0.329 e. The first-order chi connectivity index (χ1) is 7.77. The van der Waals surface area contributed by atoms with Crippen LogP contribution in [-0.4, -0.2) is 12.3 Å². The lowest BCUT2D eigenvalue weighted by atomic mass is 10.1. The summed E-state index contributed by atoms with van der Waals surface area (Å²) in [5.74, 6) is 1.23. The predicted molar refractivity (Wildman–Crippen MR) is 75.0 cm³/mol. The molecule has 1 aromatic carbocycles.